The molecule has 0 bridgehead atoms. The maximum Gasteiger partial charge on any atom is 0.204 e. The monoisotopic (exact) mass is 414 g/mol. The van der Waals surface area contributed by atoms with Crippen LogP contribution in [0.5, 0.6) is 0 Å². The number of nitriles is 1. The van der Waals surface area contributed by atoms with Gasteiger partial charge in [-0.1, -0.05) is 6.07 Å². The van der Waals surface area contributed by atoms with Gasteiger partial charge in [0.25, 0.3) is 0 Å². The first kappa shape index (κ1) is 19.9. The van der Waals surface area contributed by atoms with Crippen LogP contribution in [0.4, 0.5) is 0 Å². The number of aliphatic imine (C=N–C) groups is 1. The summed E-state index contributed by atoms with van der Waals surface area (Å²) >= 11 is 3.43. The molecule has 0 aliphatic rings. The number of nitrogens with one attached hydrogen (secondary N) is 2. The molecule has 0 saturated heterocycles. The van der Waals surface area contributed by atoms with Crippen LogP contribution < -0.4 is 10.6 Å². The molecule has 2 heterocycles. The van der Waals surface area contributed by atoms with E-state index in [1.165, 1.54) is 5.56 Å². The summed E-state index contributed by atoms with van der Waals surface area (Å²) in [6.45, 7) is 3.41. The number of unbranched alkanes of at least 4 members (excludes halogenated alkanes) is 1. The van der Waals surface area contributed by atoms with Gasteiger partial charge in [-0.15, -0.1) is 0 Å². The summed E-state index contributed by atoms with van der Waals surface area (Å²) in [5.41, 5.74) is 3.33. The molecule has 0 fully saturated rings. The fourth-order valence-electron chi connectivity index (χ4n) is 2.47. The number of hydrogen-bond acceptors (Lipinski definition) is 4. The molecule has 0 aliphatic heterocycles. The van der Waals surface area contributed by atoms with E-state index in [0.717, 1.165) is 41.5 Å². The van der Waals surface area contributed by atoms with Crippen LogP contribution in [0.25, 0.3) is 0 Å². The molecule has 0 aliphatic carbocycles. The van der Waals surface area contributed by atoms with E-state index in [4.69, 9.17) is 5.26 Å². The third-order valence-corrected chi connectivity index (χ3v) is 4.25. The van der Waals surface area contributed by atoms with Gasteiger partial charge in [0.2, 0.25) is 5.96 Å². The minimum atomic E-state index is 0.515. The van der Waals surface area contributed by atoms with E-state index in [9.17, 15) is 0 Å². The summed E-state index contributed by atoms with van der Waals surface area (Å²) in [4.78, 5) is 13.2. The predicted molar refractivity (Wildman–Crippen MR) is 107 cm³/mol. The number of pyridine rings is 2. The first-order valence-electron chi connectivity index (χ1n) is 8.63. The lowest BCUT2D eigenvalue weighted by atomic mass is 10.1. The van der Waals surface area contributed by atoms with Crippen molar-refractivity contribution in [3.05, 3.63) is 58.1 Å². The quantitative estimate of drug-likeness (QED) is 0.228. The van der Waals surface area contributed by atoms with Crippen LogP contribution in [0.3, 0.4) is 0 Å². The second-order valence-electron chi connectivity index (χ2n) is 5.84. The Kier molecular flexibility index (Phi) is 8.56. The minimum Gasteiger partial charge on any atom is -0.355 e. The van der Waals surface area contributed by atoms with E-state index < -0.39 is 0 Å². The molecule has 0 unspecified atom stereocenters. The number of halogens is 1. The standard InChI is InChI=1S/C19H23BrN6/c1-15-12-16(20)13-25-18(15)7-3-5-10-23-19(26-14-21)24-11-8-17-6-2-4-9-22-17/h2,4,6,9,12-13H,3,5,7-8,10-11H2,1H3,(H2,23,24,26). The lowest BCUT2D eigenvalue weighted by Gasteiger charge is -2.08. The Morgan fingerprint density at radius 3 is 2.88 bits per heavy atom. The molecular formula is C19H23BrN6. The summed E-state index contributed by atoms with van der Waals surface area (Å²) in [7, 11) is 0. The van der Waals surface area contributed by atoms with Gasteiger partial charge in [0.15, 0.2) is 6.19 Å². The topological polar surface area (TPSA) is 86.0 Å². The van der Waals surface area contributed by atoms with Crippen LogP contribution in [0.1, 0.15) is 29.8 Å². The first-order chi connectivity index (χ1) is 12.7. The Morgan fingerprint density at radius 1 is 1.27 bits per heavy atom. The fourth-order valence-corrected chi connectivity index (χ4v) is 2.92. The summed E-state index contributed by atoms with van der Waals surface area (Å²) < 4.78 is 1.01. The molecule has 0 saturated carbocycles. The molecule has 2 aromatic rings. The average Bonchev–Trinajstić information content (AvgIpc) is 2.64. The van der Waals surface area contributed by atoms with Crippen LogP contribution in [0.2, 0.25) is 0 Å². The van der Waals surface area contributed by atoms with Crippen LogP contribution >= 0.6 is 15.9 Å². The minimum absolute atomic E-state index is 0.515. The molecule has 136 valence electrons. The number of guanidine groups is 1. The molecule has 0 radical (unpaired) electrons. The molecule has 2 rings (SSSR count). The fraction of sp³-hybridized carbons (Fsp3) is 0.368. The number of aromatic nitrogens is 2. The first-order valence-corrected chi connectivity index (χ1v) is 9.42. The van der Waals surface area contributed by atoms with Gasteiger partial charge in [-0.2, -0.15) is 5.26 Å². The van der Waals surface area contributed by atoms with E-state index >= 15 is 0 Å². The SMILES string of the molecule is Cc1cc(Br)cnc1CCCCN=C(NC#N)NCCc1ccccn1. The van der Waals surface area contributed by atoms with Gasteiger partial charge in [-0.25, -0.2) is 0 Å². The molecule has 6 nitrogen and oxygen atoms in total. The van der Waals surface area contributed by atoms with Crippen molar-refractivity contribution >= 4 is 21.9 Å². The highest BCUT2D eigenvalue weighted by Crippen LogP contribution is 2.14. The molecule has 0 spiro atoms. The highest BCUT2D eigenvalue weighted by Gasteiger charge is 2.02. The summed E-state index contributed by atoms with van der Waals surface area (Å²) in [6.07, 6.45) is 9.19. The van der Waals surface area contributed by atoms with Crippen LogP contribution in [0.15, 0.2) is 46.1 Å². The molecule has 2 N–H and O–H groups in total. The second kappa shape index (κ2) is 11.2. The summed E-state index contributed by atoms with van der Waals surface area (Å²) in [5, 5.41) is 14.6. The molecule has 7 heteroatoms. The van der Waals surface area contributed by atoms with Crippen LogP contribution in [-0.2, 0) is 12.8 Å². The Labute approximate surface area is 162 Å². The normalized spacial score (nSPS) is 11.0. The molecule has 26 heavy (non-hydrogen) atoms. The van der Waals surface area contributed by atoms with Gasteiger partial charge in [0.1, 0.15) is 0 Å². The van der Waals surface area contributed by atoms with Gasteiger partial charge >= 0.3 is 0 Å². The second-order valence-corrected chi connectivity index (χ2v) is 6.75. The number of rotatable bonds is 8. The van der Waals surface area contributed by atoms with Crippen molar-refractivity contribution in [2.75, 3.05) is 13.1 Å². The van der Waals surface area contributed by atoms with Crippen molar-refractivity contribution in [3.63, 3.8) is 0 Å². The predicted octanol–water partition coefficient (Wildman–Crippen LogP) is 3.13. The van der Waals surface area contributed by atoms with Crippen molar-refractivity contribution in [1.29, 1.82) is 5.26 Å². The Bertz CT molecular complexity index is 754. The third-order valence-electron chi connectivity index (χ3n) is 3.82. The van der Waals surface area contributed by atoms with Gasteiger partial charge in [0, 0.05) is 47.8 Å². The van der Waals surface area contributed by atoms with Crippen molar-refractivity contribution < 1.29 is 0 Å². The number of nitrogens with zero attached hydrogens (tertiary/aromatic N) is 4. The lowest BCUT2D eigenvalue weighted by molar-refractivity contribution is 0.722. The van der Waals surface area contributed by atoms with E-state index in [1.807, 2.05) is 30.6 Å². The smallest absolute Gasteiger partial charge is 0.204 e. The zero-order valence-corrected chi connectivity index (χ0v) is 16.5. The third kappa shape index (κ3) is 7.19. The summed E-state index contributed by atoms with van der Waals surface area (Å²) in [6, 6.07) is 7.93. The molecular weight excluding hydrogens is 392 g/mol. The van der Waals surface area contributed by atoms with Crippen LogP contribution in [0, 0.1) is 18.4 Å². The molecule has 0 aromatic carbocycles. The van der Waals surface area contributed by atoms with E-state index in [-0.39, 0.29) is 0 Å². The Balaban J connectivity index is 1.71. The Morgan fingerprint density at radius 2 is 2.15 bits per heavy atom. The number of hydrogen-bond donors (Lipinski definition) is 2. The lowest BCUT2D eigenvalue weighted by Crippen LogP contribution is -2.36. The largest absolute Gasteiger partial charge is 0.355 e. The zero-order valence-electron chi connectivity index (χ0n) is 14.9. The van der Waals surface area contributed by atoms with Gasteiger partial charge < -0.3 is 5.32 Å². The highest BCUT2D eigenvalue weighted by molar-refractivity contribution is 9.10. The van der Waals surface area contributed by atoms with Crippen molar-refractivity contribution in [3.8, 4) is 6.19 Å². The van der Waals surface area contributed by atoms with Gasteiger partial charge in [-0.05, 0) is 65.9 Å². The highest BCUT2D eigenvalue weighted by atomic mass is 79.9. The van der Waals surface area contributed by atoms with Crippen LogP contribution in [-0.4, -0.2) is 29.0 Å². The zero-order chi connectivity index (χ0) is 18.6. The number of aryl methyl sites for hydroxylation is 2. The van der Waals surface area contributed by atoms with Gasteiger partial charge in [0.05, 0.1) is 0 Å². The van der Waals surface area contributed by atoms with Crippen molar-refractivity contribution in [2.45, 2.75) is 32.6 Å². The molecule has 2 aromatic heterocycles. The van der Waals surface area contributed by atoms with E-state index in [0.29, 0.717) is 19.0 Å². The van der Waals surface area contributed by atoms with E-state index in [1.54, 1.807) is 6.20 Å². The maximum absolute atomic E-state index is 8.85. The summed E-state index contributed by atoms with van der Waals surface area (Å²) in [5.74, 6) is 0.515. The molecule has 0 amide bonds. The van der Waals surface area contributed by atoms with Crippen molar-refractivity contribution in [1.82, 2.24) is 20.6 Å². The van der Waals surface area contributed by atoms with E-state index in [2.05, 4.69) is 54.5 Å². The average molecular weight is 415 g/mol. The Hall–Kier alpha value is -2.46. The van der Waals surface area contributed by atoms with Gasteiger partial charge in [-0.3, -0.25) is 20.3 Å². The maximum atomic E-state index is 8.85. The van der Waals surface area contributed by atoms with Crippen molar-refractivity contribution in [2.24, 2.45) is 4.99 Å². The molecule has 0 atom stereocenters.